The van der Waals surface area contributed by atoms with Crippen LogP contribution in [0.25, 0.3) is 11.3 Å². The van der Waals surface area contributed by atoms with Crippen molar-refractivity contribution in [1.82, 2.24) is 4.98 Å². The van der Waals surface area contributed by atoms with Crippen molar-refractivity contribution in [3.63, 3.8) is 0 Å². The molecule has 0 unspecified atom stereocenters. The molecule has 0 spiro atoms. The molecule has 0 bridgehead atoms. The average Bonchev–Trinajstić information content (AvgIpc) is 3.07. The Hall–Kier alpha value is -1.66. The standard InChI is InChI=1S/C13H10N2S/c14-7-9-2-1-3-11(6-9)12-8-16-13(15-12)10-4-5-10/h1-3,6,8,10H,4-5H2. The van der Waals surface area contributed by atoms with E-state index in [0.29, 0.717) is 11.5 Å². The topological polar surface area (TPSA) is 36.7 Å². The van der Waals surface area contributed by atoms with E-state index < -0.39 is 0 Å². The molecular weight excluding hydrogens is 216 g/mol. The first-order valence-corrected chi connectivity index (χ1v) is 6.21. The molecule has 0 atom stereocenters. The second-order valence-electron chi connectivity index (χ2n) is 4.04. The molecule has 3 heteroatoms. The highest BCUT2D eigenvalue weighted by Gasteiger charge is 2.26. The number of nitrogens with zero attached hydrogens (tertiary/aromatic N) is 2. The molecule has 0 aliphatic heterocycles. The smallest absolute Gasteiger partial charge is 0.0991 e. The minimum absolute atomic E-state index is 0.693. The number of benzene rings is 1. The van der Waals surface area contributed by atoms with Crippen molar-refractivity contribution in [2.24, 2.45) is 0 Å². The Morgan fingerprint density at radius 2 is 2.25 bits per heavy atom. The van der Waals surface area contributed by atoms with Crippen LogP contribution in [-0.4, -0.2) is 4.98 Å². The van der Waals surface area contributed by atoms with Gasteiger partial charge in [-0.15, -0.1) is 11.3 Å². The van der Waals surface area contributed by atoms with Crippen LogP contribution >= 0.6 is 11.3 Å². The lowest BCUT2D eigenvalue weighted by Gasteiger charge is -1.96. The third-order valence-corrected chi connectivity index (χ3v) is 3.74. The Morgan fingerprint density at radius 3 is 3.00 bits per heavy atom. The van der Waals surface area contributed by atoms with Crippen molar-refractivity contribution in [2.45, 2.75) is 18.8 Å². The van der Waals surface area contributed by atoms with Crippen LogP contribution in [0.2, 0.25) is 0 Å². The molecule has 16 heavy (non-hydrogen) atoms. The van der Waals surface area contributed by atoms with E-state index in [9.17, 15) is 0 Å². The molecule has 1 heterocycles. The van der Waals surface area contributed by atoms with Crippen molar-refractivity contribution in [3.05, 3.63) is 40.2 Å². The van der Waals surface area contributed by atoms with Crippen LogP contribution in [0.5, 0.6) is 0 Å². The fourth-order valence-electron chi connectivity index (χ4n) is 1.69. The van der Waals surface area contributed by atoms with E-state index in [0.717, 1.165) is 11.3 Å². The molecule has 2 nitrogen and oxygen atoms in total. The first-order valence-electron chi connectivity index (χ1n) is 5.33. The lowest BCUT2D eigenvalue weighted by atomic mass is 10.1. The number of rotatable bonds is 2. The minimum atomic E-state index is 0.693. The van der Waals surface area contributed by atoms with E-state index in [2.05, 4.69) is 16.4 Å². The highest BCUT2D eigenvalue weighted by molar-refractivity contribution is 7.10. The predicted octanol–water partition coefficient (Wildman–Crippen LogP) is 3.56. The van der Waals surface area contributed by atoms with Gasteiger partial charge in [-0.25, -0.2) is 4.98 Å². The van der Waals surface area contributed by atoms with Crippen molar-refractivity contribution in [1.29, 1.82) is 5.26 Å². The SMILES string of the molecule is N#Cc1cccc(-c2csc(C3CC3)n2)c1. The molecule has 0 radical (unpaired) electrons. The molecule has 78 valence electrons. The highest BCUT2D eigenvalue weighted by Crippen LogP contribution is 2.42. The van der Waals surface area contributed by atoms with Crippen LogP contribution < -0.4 is 0 Å². The molecule has 1 aliphatic carbocycles. The zero-order chi connectivity index (χ0) is 11.0. The van der Waals surface area contributed by atoms with Gasteiger partial charge in [0.05, 0.1) is 22.3 Å². The molecular formula is C13H10N2S. The molecule has 0 N–H and O–H groups in total. The van der Waals surface area contributed by atoms with Crippen LogP contribution in [0.3, 0.4) is 0 Å². The summed E-state index contributed by atoms with van der Waals surface area (Å²) in [6, 6.07) is 9.78. The van der Waals surface area contributed by atoms with Gasteiger partial charge >= 0.3 is 0 Å². The molecule has 1 saturated carbocycles. The number of hydrogen-bond donors (Lipinski definition) is 0. The molecule has 0 amide bonds. The normalized spacial score (nSPS) is 14.7. The van der Waals surface area contributed by atoms with Crippen molar-refractivity contribution >= 4 is 11.3 Å². The number of hydrogen-bond acceptors (Lipinski definition) is 3. The Bertz CT molecular complexity index is 561. The summed E-state index contributed by atoms with van der Waals surface area (Å²) in [5.41, 5.74) is 2.74. The fourth-order valence-corrected chi connectivity index (χ4v) is 2.69. The number of nitriles is 1. The Balaban J connectivity index is 1.97. The number of aromatic nitrogens is 1. The fraction of sp³-hybridized carbons (Fsp3) is 0.231. The minimum Gasteiger partial charge on any atom is -0.241 e. The van der Waals surface area contributed by atoms with E-state index in [-0.39, 0.29) is 0 Å². The van der Waals surface area contributed by atoms with Gasteiger partial charge in [-0.2, -0.15) is 5.26 Å². The summed E-state index contributed by atoms with van der Waals surface area (Å²) < 4.78 is 0. The van der Waals surface area contributed by atoms with E-state index in [4.69, 9.17) is 5.26 Å². The monoisotopic (exact) mass is 226 g/mol. The summed E-state index contributed by atoms with van der Waals surface area (Å²) in [6.07, 6.45) is 2.57. The Morgan fingerprint density at radius 1 is 1.38 bits per heavy atom. The molecule has 1 aromatic carbocycles. The zero-order valence-electron chi connectivity index (χ0n) is 8.68. The Kier molecular flexibility index (Phi) is 2.23. The maximum Gasteiger partial charge on any atom is 0.0991 e. The summed E-state index contributed by atoms with van der Waals surface area (Å²) in [5, 5.41) is 12.2. The molecule has 0 saturated heterocycles. The maximum absolute atomic E-state index is 8.84. The summed E-state index contributed by atoms with van der Waals surface area (Å²) in [7, 11) is 0. The van der Waals surface area contributed by atoms with Crippen molar-refractivity contribution < 1.29 is 0 Å². The number of thiazole rings is 1. The van der Waals surface area contributed by atoms with E-state index >= 15 is 0 Å². The molecule has 1 fully saturated rings. The van der Waals surface area contributed by atoms with Gasteiger partial charge in [0.2, 0.25) is 0 Å². The third kappa shape index (κ3) is 1.72. The lowest BCUT2D eigenvalue weighted by Crippen LogP contribution is -1.81. The van der Waals surface area contributed by atoms with Crippen molar-refractivity contribution in [3.8, 4) is 17.3 Å². The van der Waals surface area contributed by atoms with Crippen LogP contribution in [-0.2, 0) is 0 Å². The zero-order valence-corrected chi connectivity index (χ0v) is 9.50. The Labute approximate surface area is 98.2 Å². The second-order valence-corrected chi connectivity index (χ2v) is 4.93. The van der Waals surface area contributed by atoms with Gasteiger partial charge in [0.15, 0.2) is 0 Å². The van der Waals surface area contributed by atoms with Gasteiger partial charge in [-0.05, 0) is 25.0 Å². The lowest BCUT2D eigenvalue weighted by molar-refractivity contribution is 1.09. The van der Waals surface area contributed by atoms with Gasteiger partial charge in [0.25, 0.3) is 0 Å². The predicted molar refractivity (Wildman–Crippen MR) is 64.2 cm³/mol. The van der Waals surface area contributed by atoms with Crippen molar-refractivity contribution in [2.75, 3.05) is 0 Å². The summed E-state index contributed by atoms with van der Waals surface area (Å²) >= 11 is 1.73. The van der Waals surface area contributed by atoms with Gasteiger partial charge in [-0.1, -0.05) is 12.1 Å². The molecule has 1 aliphatic rings. The quantitative estimate of drug-likeness (QED) is 0.785. The van der Waals surface area contributed by atoms with Crippen LogP contribution in [0, 0.1) is 11.3 Å². The summed E-state index contributed by atoms with van der Waals surface area (Å²) in [6.45, 7) is 0. The van der Waals surface area contributed by atoms with Gasteiger partial charge in [0.1, 0.15) is 0 Å². The van der Waals surface area contributed by atoms with E-state index in [1.54, 1.807) is 11.3 Å². The maximum atomic E-state index is 8.84. The molecule has 2 aromatic rings. The van der Waals surface area contributed by atoms with Gasteiger partial charge < -0.3 is 0 Å². The van der Waals surface area contributed by atoms with Crippen LogP contribution in [0.15, 0.2) is 29.6 Å². The molecule has 3 rings (SSSR count). The van der Waals surface area contributed by atoms with Crippen LogP contribution in [0.1, 0.15) is 29.3 Å². The highest BCUT2D eigenvalue weighted by atomic mass is 32.1. The van der Waals surface area contributed by atoms with E-state index in [1.165, 1.54) is 17.8 Å². The summed E-state index contributed by atoms with van der Waals surface area (Å²) in [4.78, 5) is 4.63. The molecule has 1 aromatic heterocycles. The van der Waals surface area contributed by atoms with Gasteiger partial charge in [0, 0.05) is 16.9 Å². The van der Waals surface area contributed by atoms with Crippen LogP contribution in [0.4, 0.5) is 0 Å². The first kappa shape index (κ1) is 9.56. The summed E-state index contributed by atoms with van der Waals surface area (Å²) in [5.74, 6) is 0.706. The second kappa shape index (κ2) is 3.73. The third-order valence-electron chi connectivity index (χ3n) is 2.74. The largest absolute Gasteiger partial charge is 0.241 e. The van der Waals surface area contributed by atoms with E-state index in [1.807, 2.05) is 24.3 Å². The average molecular weight is 226 g/mol. The van der Waals surface area contributed by atoms with Gasteiger partial charge in [-0.3, -0.25) is 0 Å². The first-order chi connectivity index (χ1) is 7.86.